The van der Waals surface area contributed by atoms with E-state index in [0.29, 0.717) is 5.82 Å². The summed E-state index contributed by atoms with van der Waals surface area (Å²) in [5.74, 6) is 0.250. The standard InChI is InChI=1S/C10H15N3O3/c1-6-8(4-3-5-15-6)9(14)12-10-11-7(2)13-16-10/h6,8H,3-5H2,1-2H3,(H,11,12,13,14). The van der Waals surface area contributed by atoms with Crippen molar-refractivity contribution in [3.8, 4) is 0 Å². The van der Waals surface area contributed by atoms with Gasteiger partial charge in [-0.05, 0) is 26.7 Å². The molecule has 1 amide bonds. The number of rotatable bonds is 2. The van der Waals surface area contributed by atoms with Crippen LogP contribution in [0.2, 0.25) is 0 Å². The molecule has 1 aliphatic heterocycles. The number of hydrogen-bond acceptors (Lipinski definition) is 5. The molecule has 2 unspecified atom stereocenters. The van der Waals surface area contributed by atoms with Crippen molar-refractivity contribution in [2.75, 3.05) is 11.9 Å². The summed E-state index contributed by atoms with van der Waals surface area (Å²) in [6, 6.07) is 0.153. The van der Waals surface area contributed by atoms with Crippen LogP contribution in [0.15, 0.2) is 4.52 Å². The van der Waals surface area contributed by atoms with Crippen LogP contribution in [0, 0.1) is 12.8 Å². The molecule has 0 spiro atoms. The second kappa shape index (κ2) is 4.61. The van der Waals surface area contributed by atoms with Crippen LogP contribution in [-0.4, -0.2) is 28.8 Å². The fraction of sp³-hybridized carbons (Fsp3) is 0.700. The van der Waals surface area contributed by atoms with Gasteiger partial charge < -0.3 is 9.26 Å². The van der Waals surface area contributed by atoms with E-state index >= 15 is 0 Å². The molecule has 0 radical (unpaired) electrons. The van der Waals surface area contributed by atoms with Gasteiger partial charge >= 0.3 is 6.01 Å². The highest BCUT2D eigenvalue weighted by Gasteiger charge is 2.29. The van der Waals surface area contributed by atoms with E-state index < -0.39 is 0 Å². The number of carbonyl (C=O) groups excluding carboxylic acids is 1. The average Bonchev–Trinajstić information content (AvgIpc) is 2.64. The highest BCUT2D eigenvalue weighted by Crippen LogP contribution is 2.21. The molecule has 0 saturated carbocycles. The normalized spacial score (nSPS) is 25.4. The monoisotopic (exact) mass is 225 g/mol. The van der Waals surface area contributed by atoms with E-state index in [4.69, 9.17) is 9.26 Å². The number of amides is 1. The zero-order valence-corrected chi connectivity index (χ0v) is 9.40. The predicted molar refractivity (Wildman–Crippen MR) is 55.8 cm³/mol. The van der Waals surface area contributed by atoms with Gasteiger partial charge in [-0.1, -0.05) is 5.16 Å². The zero-order chi connectivity index (χ0) is 11.5. The van der Waals surface area contributed by atoms with Gasteiger partial charge in [-0.3, -0.25) is 10.1 Å². The molecule has 16 heavy (non-hydrogen) atoms. The van der Waals surface area contributed by atoms with Crippen molar-refractivity contribution < 1.29 is 14.1 Å². The Morgan fingerprint density at radius 2 is 2.38 bits per heavy atom. The van der Waals surface area contributed by atoms with Crippen molar-refractivity contribution in [1.82, 2.24) is 10.1 Å². The summed E-state index contributed by atoms with van der Waals surface area (Å²) in [5.41, 5.74) is 0. The molecule has 0 aliphatic carbocycles. The van der Waals surface area contributed by atoms with Crippen molar-refractivity contribution in [3.05, 3.63) is 5.82 Å². The van der Waals surface area contributed by atoms with E-state index in [-0.39, 0.29) is 23.9 Å². The lowest BCUT2D eigenvalue weighted by molar-refractivity contribution is -0.128. The Hall–Kier alpha value is -1.43. The molecule has 6 heteroatoms. The molecule has 88 valence electrons. The second-order valence-corrected chi connectivity index (χ2v) is 3.96. The fourth-order valence-corrected chi connectivity index (χ4v) is 1.81. The molecule has 1 N–H and O–H groups in total. The maximum Gasteiger partial charge on any atom is 0.328 e. The maximum absolute atomic E-state index is 11.9. The van der Waals surface area contributed by atoms with E-state index in [2.05, 4.69) is 15.5 Å². The third kappa shape index (κ3) is 2.38. The number of nitrogens with one attached hydrogen (secondary N) is 1. The molecule has 2 heterocycles. The molecule has 1 saturated heterocycles. The SMILES string of the molecule is Cc1noc(NC(=O)C2CCCOC2C)n1. The Kier molecular flexibility index (Phi) is 3.19. The summed E-state index contributed by atoms with van der Waals surface area (Å²) in [7, 11) is 0. The van der Waals surface area contributed by atoms with Crippen LogP contribution in [0.25, 0.3) is 0 Å². The molecule has 2 atom stereocenters. The Morgan fingerprint density at radius 1 is 1.56 bits per heavy atom. The van der Waals surface area contributed by atoms with Gasteiger partial charge in [-0.2, -0.15) is 4.98 Å². The van der Waals surface area contributed by atoms with Crippen molar-refractivity contribution >= 4 is 11.9 Å². The molecule has 6 nitrogen and oxygen atoms in total. The van der Waals surface area contributed by atoms with Crippen molar-refractivity contribution in [1.29, 1.82) is 0 Å². The van der Waals surface area contributed by atoms with E-state index in [1.165, 1.54) is 0 Å². The first-order valence-corrected chi connectivity index (χ1v) is 5.39. The minimum Gasteiger partial charge on any atom is -0.378 e. The lowest BCUT2D eigenvalue weighted by Gasteiger charge is -2.27. The first kappa shape index (κ1) is 11.1. The highest BCUT2D eigenvalue weighted by atomic mass is 16.5. The van der Waals surface area contributed by atoms with Crippen LogP contribution >= 0.6 is 0 Å². The molecule has 0 aromatic carbocycles. The summed E-state index contributed by atoms with van der Waals surface area (Å²) in [6.07, 6.45) is 1.68. The number of aryl methyl sites for hydroxylation is 1. The highest BCUT2D eigenvalue weighted by molar-refractivity contribution is 5.91. The number of anilines is 1. The van der Waals surface area contributed by atoms with E-state index in [1.54, 1.807) is 6.92 Å². The number of hydrogen-bond donors (Lipinski definition) is 1. The smallest absolute Gasteiger partial charge is 0.328 e. The van der Waals surface area contributed by atoms with Gasteiger partial charge in [0.2, 0.25) is 5.91 Å². The quantitative estimate of drug-likeness (QED) is 0.816. The van der Waals surface area contributed by atoms with Gasteiger partial charge in [0.25, 0.3) is 0 Å². The average molecular weight is 225 g/mol. The molecular weight excluding hydrogens is 210 g/mol. The first-order chi connectivity index (χ1) is 7.66. The van der Waals surface area contributed by atoms with E-state index in [0.717, 1.165) is 19.4 Å². The number of ether oxygens (including phenoxy) is 1. The van der Waals surface area contributed by atoms with Crippen LogP contribution in [0.1, 0.15) is 25.6 Å². The minimum absolute atomic E-state index is 0.0576. The maximum atomic E-state index is 11.9. The zero-order valence-electron chi connectivity index (χ0n) is 9.40. The van der Waals surface area contributed by atoms with Crippen LogP contribution in [0.3, 0.4) is 0 Å². The Bertz CT molecular complexity index is 377. The van der Waals surface area contributed by atoms with Gasteiger partial charge in [0.05, 0.1) is 12.0 Å². The second-order valence-electron chi connectivity index (χ2n) is 3.96. The number of nitrogens with zero attached hydrogens (tertiary/aromatic N) is 2. The fourth-order valence-electron chi connectivity index (χ4n) is 1.81. The Morgan fingerprint density at radius 3 is 3.00 bits per heavy atom. The van der Waals surface area contributed by atoms with Gasteiger partial charge in [-0.15, -0.1) is 0 Å². The minimum atomic E-state index is -0.138. The summed E-state index contributed by atoms with van der Waals surface area (Å²) in [6.45, 7) is 4.33. The lowest BCUT2D eigenvalue weighted by atomic mass is 9.94. The third-order valence-electron chi connectivity index (χ3n) is 2.70. The summed E-state index contributed by atoms with van der Waals surface area (Å²) in [5, 5.41) is 6.21. The topological polar surface area (TPSA) is 77.2 Å². The van der Waals surface area contributed by atoms with Gasteiger partial charge in [0.15, 0.2) is 5.82 Å². The predicted octanol–water partition coefficient (Wildman–Crippen LogP) is 1.13. The lowest BCUT2D eigenvalue weighted by Crippen LogP contribution is -2.36. The van der Waals surface area contributed by atoms with Gasteiger partial charge in [0.1, 0.15) is 0 Å². The molecule has 1 aromatic rings. The number of carbonyl (C=O) groups is 1. The van der Waals surface area contributed by atoms with Gasteiger partial charge in [0, 0.05) is 6.61 Å². The van der Waals surface area contributed by atoms with Crippen molar-refractivity contribution in [3.63, 3.8) is 0 Å². The summed E-state index contributed by atoms with van der Waals surface area (Å²) in [4.78, 5) is 15.8. The van der Waals surface area contributed by atoms with Crippen LogP contribution in [0.4, 0.5) is 6.01 Å². The molecule has 0 bridgehead atoms. The van der Waals surface area contributed by atoms with Crippen LogP contribution in [0.5, 0.6) is 0 Å². The molecular formula is C10H15N3O3. The molecule has 2 rings (SSSR count). The van der Waals surface area contributed by atoms with Crippen LogP contribution in [-0.2, 0) is 9.53 Å². The third-order valence-corrected chi connectivity index (χ3v) is 2.70. The van der Waals surface area contributed by atoms with Gasteiger partial charge in [-0.25, -0.2) is 0 Å². The Balaban J connectivity index is 1.96. The largest absolute Gasteiger partial charge is 0.378 e. The van der Waals surface area contributed by atoms with Crippen molar-refractivity contribution in [2.24, 2.45) is 5.92 Å². The van der Waals surface area contributed by atoms with Crippen LogP contribution < -0.4 is 5.32 Å². The summed E-state index contributed by atoms with van der Waals surface area (Å²) >= 11 is 0. The summed E-state index contributed by atoms with van der Waals surface area (Å²) < 4.78 is 10.3. The molecule has 1 aromatic heterocycles. The number of aromatic nitrogens is 2. The van der Waals surface area contributed by atoms with Crippen molar-refractivity contribution in [2.45, 2.75) is 32.8 Å². The molecule has 1 aliphatic rings. The first-order valence-electron chi connectivity index (χ1n) is 5.39. The van der Waals surface area contributed by atoms with E-state index in [1.807, 2.05) is 6.92 Å². The molecule has 1 fully saturated rings. The Labute approximate surface area is 93.4 Å². The van der Waals surface area contributed by atoms with E-state index in [9.17, 15) is 4.79 Å².